The van der Waals surface area contributed by atoms with Gasteiger partial charge in [-0.05, 0) is 13.3 Å². The van der Waals surface area contributed by atoms with Gasteiger partial charge < -0.3 is 15.7 Å². The topological polar surface area (TPSA) is 61.4 Å². The molecule has 4 heteroatoms. The summed E-state index contributed by atoms with van der Waals surface area (Å²) in [4.78, 5) is 11.3. The van der Waals surface area contributed by atoms with E-state index in [-0.39, 0.29) is 11.9 Å². The standard InChI is InChI=1S/C9H14N2O2/c1-2-3-4-10-9(13)8-5-7(12)6-11-8/h7-8,11-12H,4-6H2,1H3,(H,10,13). The number of rotatable bonds is 2. The first-order valence-corrected chi connectivity index (χ1v) is 4.33. The third-order valence-corrected chi connectivity index (χ3v) is 1.95. The predicted octanol–water partition coefficient (Wildman–Crippen LogP) is -1.15. The lowest BCUT2D eigenvalue weighted by atomic mass is 10.2. The number of aliphatic hydroxyl groups is 1. The molecule has 0 spiro atoms. The molecule has 3 N–H and O–H groups in total. The van der Waals surface area contributed by atoms with Crippen LogP contribution in [0.2, 0.25) is 0 Å². The Hall–Kier alpha value is -1.05. The molecule has 1 heterocycles. The van der Waals surface area contributed by atoms with Crippen molar-refractivity contribution in [2.75, 3.05) is 13.1 Å². The highest BCUT2D eigenvalue weighted by Gasteiger charge is 2.27. The molecule has 1 rings (SSSR count). The molecule has 4 nitrogen and oxygen atoms in total. The summed E-state index contributed by atoms with van der Waals surface area (Å²) in [5.41, 5.74) is 0. The van der Waals surface area contributed by atoms with Crippen molar-refractivity contribution in [1.82, 2.24) is 10.6 Å². The molecular weight excluding hydrogens is 168 g/mol. The molecule has 0 saturated carbocycles. The molecule has 72 valence electrons. The van der Waals surface area contributed by atoms with Crippen LogP contribution >= 0.6 is 0 Å². The zero-order valence-electron chi connectivity index (χ0n) is 7.63. The van der Waals surface area contributed by atoms with Crippen LogP contribution in [0.25, 0.3) is 0 Å². The van der Waals surface area contributed by atoms with Crippen LogP contribution in [-0.4, -0.2) is 36.2 Å². The lowest BCUT2D eigenvalue weighted by Gasteiger charge is -2.08. The number of carbonyl (C=O) groups excluding carboxylic acids is 1. The van der Waals surface area contributed by atoms with Gasteiger partial charge in [-0.25, -0.2) is 0 Å². The van der Waals surface area contributed by atoms with E-state index in [2.05, 4.69) is 22.5 Å². The summed E-state index contributed by atoms with van der Waals surface area (Å²) in [6.07, 6.45) is 0.0961. The molecule has 0 aromatic rings. The number of aliphatic hydroxyl groups excluding tert-OH is 1. The van der Waals surface area contributed by atoms with Crippen molar-refractivity contribution < 1.29 is 9.90 Å². The van der Waals surface area contributed by atoms with Crippen LogP contribution in [0.5, 0.6) is 0 Å². The lowest BCUT2D eigenvalue weighted by Crippen LogP contribution is -2.40. The van der Waals surface area contributed by atoms with Crippen molar-refractivity contribution in [3.8, 4) is 11.8 Å². The number of hydrogen-bond acceptors (Lipinski definition) is 3. The predicted molar refractivity (Wildman–Crippen MR) is 48.9 cm³/mol. The molecule has 13 heavy (non-hydrogen) atoms. The van der Waals surface area contributed by atoms with Crippen LogP contribution in [0.3, 0.4) is 0 Å². The van der Waals surface area contributed by atoms with Gasteiger partial charge in [0.1, 0.15) is 0 Å². The number of nitrogens with one attached hydrogen (secondary N) is 2. The average molecular weight is 182 g/mol. The number of β-amino-alcohol motifs (C(OH)–C–C–N with tert-alkyl or cyclic N) is 1. The number of amides is 1. The van der Waals surface area contributed by atoms with E-state index < -0.39 is 6.10 Å². The zero-order valence-corrected chi connectivity index (χ0v) is 7.63. The molecule has 1 fully saturated rings. The van der Waals surface area contributed by atoms with Crippen LogP contribution in [0, 0.1) is 11.8 Å². The van der Waals surface area contributed by atoms with Gasteiger partial charge in [-0.2, -0.15) is 0 Å². The molecule has 2 unspecified atom stereocenters. The first-order valence-electron chi connectivity index (χ1n) is 4.33. The van der Waals surface area contributed by atoms with E-state index in [1.54, 1.807) is 6.92 Å². The Morgan fingerprint density at radius 3 is 3.08 bits per heavy atom. The minimum absolute atomic E-state index is 0.0840. The maximum absolute atomic E-state index is 11.3. The second-order valence-corrected chi connectivity index (χ2v) is 2.99. The van der Waals surface area contributed by atoms with Crippen molar-refractivity contribution in [1.29, 1.82) is 0 Å². The molecule has 0 aliphatic carbocycles. The fourth-order valence-electron chi connectivity index (χ4n) is 1.26. The summed E-state index contributed by atoms with van der Waals surface area (Å²) in [6.45, 7) is 2.60. The van der Waals surface area contributed by atoms with Crippen molar-refractivity contribution in [2.24, 2.45) is 0 Å². The molecule has 0 radical (unpaired) electrons. The highest BCUT2D eigenvalue weighted by molar-refractivity contribution is 5.82. The monoisotopic (exact) mass is 182 g/mol. The average Bonchev–Trinajstić information content (AvgIpc) is 2.52. The first-order chi connectivity index (χ1) is 6.24. The molecule has 1 aliphatic heterocycles. The van der Waals surface area contributed by atoms with E-state index in [1.165, 1.54) is 0 Å². The fourth-order valence-corrected chi connectivity index (χ4v) is 1.26. The Kier molecular flexibility index (Phi) is 3.74. The van der Waals surface area contributed by atoms with Crippen molar-refractivity contribution in [3.05, 3.63) is 0 Å². The van der Waals surface area contributed by atoms with Gasteiger partial charge in [0.05, 0.1) is 18.7 Å². The maximum atomic E-state index is 11.3. The molecular formula is C9H14N2O2. The fraction of sp³-hybridized carbons (Fsp3) is 0.667. The van der Waals surface area contributed by atoms with Gasteiger partial charge in [-0.1, -0.05) is 5.92 Å². The number of hydrogen-bond donors (Lipinski definition) is 3. The van der Waals surface area contributed by atoms with Crippen LogP contribution in [0.15, 0.2) is 0 Å². The quantitative estimate of drug-likeness (QED) is 0.472. The summed E-state index contributed by atoms with van der Waals surface area (Å²) in [7, 11) is 0. The summed E-state index contributed by atoms with van der Waals surface area (Å²) in [5.74, 6) is 5.35. The molecule has 0 aromatic carbocycles. The van der Waals surface area contributed by atoms with Crippen molar-refractivity contribution >= 4 is 5.91 Å². The van der Waals surface area contributed by atoms with Gasteiger partial charge in [0, 0.05) is 6.54 Å². The van der Waals surface area contributed by atoms with Crippen LogP contribution in [-0.2, 0) is 4.79 Å². The highest BCUT2D eigenvalue weighted by atomic mass is 16.3. The Labute approximate surface area is 77.7 Å². The molecule has 1 saturated heterocycles. The van der Waals surface area contributed by atoms with E-state index in [1.807, 2.05) is 0 Å². The third-order valence-electron chi connectivity index (χ3n) is 1.95. The van der Waals surface area contributed by atoms with Gasteiger partial charge in [0.25, 0.3) is 0 Å². The van der Waals surface area contributed by atoms with Crippen LogP contribution < -0.4 is 10.6 Å². The Balaban J connectivity index is 2.26. The third kappa shape index (κ3) is 3.05. The second kappa shape index (κ2) is 4.85. The maximum Gasteiger partial charge on any atom is 0.237 e. The summed E-state index contributed by atoms with van der Waals surface area (Å²) >= 11 is 0. The SMILES string of the molecule is CC#CCNC(=O)C1CC(O)CN1. The Bertz CT molecular complexity index is 242. The largest absolute Gasteiger partial charge is 0.392 e. The van der Waals surface area contributed by atoms with Gasteiger partial charge in [0.15, 0.2) is 0 Å². The normalized spacial score (nSPS) is 26.3. The van der Waals surface area contributed by atoms with Crippen molar-refractivity contribution in [3.63, 3.8) is 0 Å². The van der Waals surface area contributed by atoms with Gasteiger partial charge in [0.2, 0.25) is 5.91 Å². The van der Waals surface area contributed by atoms with Gasteiger partial charge in [-0.15, -0.1) is 5.92 Å². The van der Waals surface area contributed by atoms with E-state index in [0.717, 1.165) is 0 Å². The van der Waals surface area contributed by atoms with E-state index in [9.17, 15) is 4.79 Å². The molecule has 0 aromatic heterocycles. The molecule has 2 atom stereocenters. The lowest BCUT2D eigenvalue weighted by molar-refractivity contribution is -0.122. The van der Waals surface area contributed by atoms with Gasteiger partial charge >= 0.3 is 0 Å². The molecule has 1 aliphatic rings. The van der Waals surface area contributed by atoms with Crippen molar-refractivity contribution in [2.45, 2.75) is 25.5 Å². The van der Waals surface area contributed by atoms with Gasteiger partial charge in [-0.3, -0.25) is 4.79 Å². The summed E-state index contributed by atoms with van der Waals surface area (Å²) in [6, 6.07) is -0.256. The smallest absolute Gasteiger partial charge is 0.237 e. The zero-order chi connectivity index (χ0) is 9.68. The Morgan fingerprint density at radius 1 is 1.77 bits per heavy atom. The minimum atomic E-state index is -0.395. The molecule has 0 bridgehead atoms. The first kappa shape index (κ1) is 10.0. The minimum Gasteiger partial charge on any atom is -0.392 e. The number of carbonyl (C=O) groups is 1. The Morgan fingerprint density at radius 2 is 2.54 bits per heavy atom. The van der Waals surface area contributed by atoms with Crippen LogP contribution in [0.1, 0.15) is 13.3 Å². The van der Waals surface area contributed by atoms with E-state index in [4.69, 9.17) is 5.11 Å². The van der Waals surface area contributed by atoms with E-state index in [0.29, 0.717) is 19.5 Å². The summed E-state index contributed by atoms with van der Waals surface area (Å²) < 4.78 is 0. The second-order valence-electron chi connectivity index (χ2n) is 2.99. The van der Waals surface area contributed by atoms with Crippen LogP contribution in [0.4, 0.5) is 0 Å². The molecule has 1 amide bonds. The van der Waals surface area contributed by atoms with E-state index >= 15 is 0 Å². The summed E-state index contributed by atoms with van der Waals surface area (Å²) in [5, 5.41) is 14.7. The highest BCUT2D eigenvalue weighted by Crippen LogP contribution is 2.05.